The summed E-state index contributed by atoms with van der Waals surface area (Å²) < 4.78 is 5.58. The van der Waals surface area contributed by atoms with Crippen LogP contribution in [0.3, 0.4) is 0 Å². The third kappa shape index (κ3) is 5.82. The summed E-state index contributed by atoms with van der Waals surface area (Å²) in [6, 6.07) is 7.55. The molecule has 0 bridgehead atoms. The van der Waals surface area contributed by atoms with Crippen molar-refractivity contribution in [3.05, 3.63) is 46.9 Å². The smallest absolute Gasteiger partial charge is 0.191 e. The van der Waals surface area contributed by atoms with Crippen molar-refractivity contribution in [3.63, 3.8) is 0 Å². The molecule has 7 heteroatoms. The molecular formula is C17H24N4O2S. The van der Waals surface area contributed by atoms with E-state index in [-0.39, 0.29) is 6.54 Å². The van der Waals surface area contributed by atoms with Crippen LogP contribution in [0.5, 0.6) is 5.75 Å². The highest BCUT2D eigenvalue weighted by Crippen LogP contribution is 2.25. The molecule has 130 valence electrons. The molecule has 0 aromatic carbocycles. The van der Waals surface area contributed by atoms with Gasteiger partial charge in [0.2, 0.25) is 0 Å². The molecule has 0 saturated heterocycles. The molecule has 0 radical (unpaired) electrons. The van der Waals surface area contributed by atoms with Gasteiger partial charge in [0.15, 0.2) is 5.96 Å². The summed E-state index contributed by atoms with van der Waals surface area (Å²) in [7, 11) is 0. The summed E-state index contributed by atoms with van der Waals surface area (Å²) in [5, 5.41) is 18.8. The molecule has 2 aromatic rings. The zero-order chi connectivity index (χ0) is 17.3. The zero-order valence-corrected chi connectivity index (χ0v) is 14.8. The van der Waals surface area contributed by atoms with E-state index in [1.165, 1.54) is 11.3 Å². The van der Waals surface area contributed by atoms with Gasteiger partial charge in [-0.3, -0.25) is 4.98 Å². The SMILES string of the molecule is CCNC(=NCC(C)(O)c1cccs1)NCCOc1cccnc1. The topological polar surface area (TPSA) is 78.8 Å². The first kappa shape index (κ1) is 18.2. The Labute approximate surface area is 146 Å². The van der Waals surface area contributed by atoms with Crippen molar-refractivity contribution in [1.82, 2.24) is 15.6 Å². The number of hydrogen-bond donors (Lipinski definition) is 3. The third-order valence-corrected chi connectivity index (χ3v) is 4.36. The highest BCUT2D eigenvalue weighted by molar-refractivity contribution is 7.10. The second-order valence-electron chi connectivity index (χ2n) is 5.41. The van der Waals surface area contributed by atoms with Crippen molar-refractivity contribution in [2.45, 2.75) is 19.4 Å². The molecule has 1 unspecified atom stereocenters. The number of aliphatic imine (C=N–C) groups is 1. The molecule has 6 nitrogen and oxygen atoms in total. The summed E-state index contributed by atoms with van der Waals surface area (Å²) in [5.41, 5.74) is -0.970. The van der Waals surface area contributed by atoms with E-state index in [1.807, 2.05) is 36.6 Å². The molecule has 1 atom stereocenters. The average molecular weight is 348 g/mol. The molecular weight excluding hydrogens is 324 g/mol. The lowest BCUT2D eigenvalue weighted by molar-refractivity contribution is 0.0711. The summed E-state index contributed by atoms with van der Waals surface area (Å²) in [6.45, 7) is 5.90. The number of hydrogen-bond acceptors (Lipinski definition) is 5. The summed E-state index contributed by atoms with van der Waals surface area (Å²) in [5.74, 6) is 1.39. The number of guanidine groups is 1. The molecule has 2 rings (SSSR count). The van der Waals surface area contributed by atoms with Gasteiger partial charge in [-0.1, -0.05) is 6.07 Å². The van der Waals surface area contributed by atoms with Crippen LogP contribution >= 0.6 is 11.3 Å². The van der Waals surface area contributed by atoms with Gasteiger partial charge in [-0.15, -0.1) is 11.3 Å². The van der Waals surface area contributed by atoms with Crippen LogP contribution in [0.2, 0.25) is 0 Å². The predicted octanol–water partition coefficient (Wildman–Crippen LogP) is 1.98. The molecule has 0 amide bonds. The molecule has 24 heavy (non-hydrogen) atoms. The highest BCUT2D eigenvalue weighted by Gasteiger charge is 2.23. The maximum Gasteiger partial charge on any atom is 0.191 e. The Kier molecular flexibility index (Phi) is 7.02. The number of thiophene rings is 1. The molecule has 2 heterocycles. The number of nitrogens with one attached hydrogen (secondary N) is 2. The normalized spacial score (nSPS) is 14.0. The van der Waals surface area contributed by atoms with Crippen LogP contribution in [0.1, 0.15) is 18.7 Å². The van der Waals surface area contributed by atoms with Crippen LogP contribution in [-0.4, -0.2) is 42.3 Å². The molecule has 0 saturated carbocycles. The lowest BCUT2D eigenvalue weighted by Crippen LogP contribution is -2.40. The van der Waals surface area contributed by atoms with Gasteiger partial charge >= 0.3 is 0 Å². The lowest BCUT2D eigenvalue weighted by Gasteiger charge is -2.20. The van der Waals surface area contributed by atoms with E-state index in [9.17, 15) is 5.11 Å². The Morgan fingerprint density at radius 1 is 1.38 bits per heavy atom. The van der Waals surface area contributed by atoms with E-state index < -0.39 is 5.60 Å². The fourth-order valence-electron chi connectivity index (χ4n) is 2.01. The fraction of sp³-hybridized carbons (Fsp3) is 0.412. The maximum atomic E-state index is 10.5. The van der Waals surface area contributed by atoms with Gasteiger partial charge in [0, 0.05) is 17.6 Å². The maximum absolute atomic E-state index is 10.5. The predicted molar refractivity (Wildman–Crippen MR) is 97.6 cm³/mol. The van der Waals surface area contributed by atoms with E-state index >= 15 is 0 Å². The first-order chi connectivity index (χ1) is 11.6. The van der Waals surface area contributed by atoms with Crippen molar-refractivity contribution >= 4 is 17.3 Å². The van der Waals surface area contributed by atoms with Crippen molar-refractivity contribution in [2.24, 2.45) is 4.99 Å². The fourth-order valence-corrected chi connectivity index (χ4v) is 2.79. The summed E-state index contributed by atoms with van der Waals surface area (Å²) >= 11 is 1.53. The van der Waals surface area contributed by atoms with E-state index in [4.69, 9.17) is 4.74 Å². The van der Waals surface area contributed by atoms with Gasteiger partial charge < -0.3 is 20.5 Å². The highest BCUT2D eigenvalue weighted by atomic mass is 32.1. The number of aliphatic hydroxyl groups is 1. The molecule has 0 fully saturated rings. The van der Waals surface area contributed by atoms with Crippen LogP contribution in [0, 0.1) is 0 Å². The second kappa shape index (κ2) is 9.24. The van der Waals surface area contributed by atoms with Crippen LogP contribution in [0.4, 0.5) is 0 Å². The Hall–Kier alpha value is -2.12. The number of ether oxygens (including phenoxy) is 1. The quantitative estimate of drug-likeness (QED) is 0.386. The average Bonchev–Trinajstić information content (AvgIpc) is 3.13. The molecule has 0 aliphatic rings. The van der Waals surface area contributed by atoms with E-state index in [1.54, 1.807) is 19.3 Å². The minimum absolute atomic E-state index is 0.284. The van der Waals surface area contributed by atoms with E-state index in [2.05, 4.69) is 20.6 Å². The number of nitrogens with zero attached hydrogens (tertiary/aromatic N) is 2. The Bertz CT molecular complexity index is 615. The number of aromatic nitrogens is 1. The van der Waals surface area contributed by atoms with Gasteiger partial charge in [0.1, 0.15) is 18.0 Å². The standard InChI is InChI=1S/C17H24N4O2S/c1-3-19-16(20-9-10-23-14-6-4-8-18-12-14)21-13-17(2,22)15-7-5-11-24-15/h4-8,11-12,22H,3,9-10,13H2,1-2H3,(H2,19,20,21). The molecule has 3 N–H and O–H groups in total. The second-order valence-corrected chi connectivity index (χ2v) is 6.36. The van der Waals surface area contributed by atoms with Gasteiger partial charge in [0.25, 0.3) is 0 Å². The van der Waals surface area contributed by atoms with Crippen molar-refractivity contribution in [2.75, 3.05) is 26.2 Å². The summed E-state index contributed by atoms with van der Waals surface area (Å²) in [4.78, 5) is 9.37. The largest absolute Gasteiger partial charge is 0.490 e. The van der Waals surface area contributed by atoms with Crippen molar-refractivity contribution in [3.8, 4) is 5.75 Å². The number of pyridine rings is 1. The third-order valence-electron chi connectivity index (χ3n) is 3.24. The Balaban J connectivity index is 1.82. The van der Waals surface area contributed by atoms with Crippen LogP contribution in [-0.2, 0) is 5.60 Å². The van der Waals surface area contributed by atoms with Crippen LogP contribution in [0.15, 0.2) is 47.0 Å². The van der Waals surface area contributed by atoms with Gasteiger partial charge in [-0.25, -0.2) is 4.99 Å². The van der Waals surface area contributed by atoms with Gasteiger partial charge in [-0.2, -0.15) is 0 Å². The molecule has 0 spiro atoms. The molecule has 0 aliphatic carbocycles. The van der Waals surface area contributed by atoms with Gasteiger partial charge in [-0.05, 0) is 37.4 Å². The van der Waals surface area contributed by atoms with Crippen LogP contribution < -0.4 is 15.4 Å². The van der Waals surface area contributed by atoms with E-state index in [0.717, 1.165) is 17.2 Å². The first-order valence-electron chi connectivity index (χ1n) is 7.93. The molecule has 2 aromatic heterocycles. The van der Waals surface area contributed by atoms with Crippen molar-refractivity contribution < 1.29 is 9.84 Å². The lowest BCUT2D eigenvalue weighted by atomic mass is 10.1. The first-order valence-corrected chi connectivity index (χ1v) is 8.81. The minimum atomic E-state index is -0.970. The van der Waals surface area contributed by atoms with Crippen LogP contribution in [0.25, 0.3) is 0 Å². The molecule has 0 aliphatic heterocycles. The minimum Gasteiger partial charge on any atom is -0.490 e. The van der Waals surface area contributed by atoms with Crippen molar-refractivity contribution in [1.29, 1.82) is 0 Å². The van der Waals surface area contributed by atoms with E-state index in [0.29, 0.717) is 19.1 Å². The monoisotopic (exact) mass is 348 g/mol. The zero-order valence-electron chi connectivity index (χ0n) is 14.0. The Morgan fingerprint density at radius 2 is 2.25 bits per heavy atom. The Morgan fingerprint density at radius 3 is 2.92 bits per heavy atom. The summed E-state index contributed by atoms with van der Waals surface area (Å²) in [6.07, 6.45) is 3.39. The van der Waals surface area contributed by atoms with Gasteiger partial charge in [0.05, 0.1) is 19.3 Å². The number of rotatable bonds is 8.